The average Bonchev–Trinajstić information content (AvgIpc) is 2.38. The Morgan fingerprint density at radius 2 is 1.78 bits per heavy atom. The van der Waals surface area contributed by atoms with Crippen molar-refractivity contribution >= 4 is 29.8 Å². The number of benzene rings is 1. The van der Waals surface area contributed by atoms with Crippen LogP contribution in [0.5, 0.6) is 0 Å². The van der Waals surface area contributed by atoms with Gasteiger partial charge in [0, 0.05) is 23.7 Å². The molecular formula is C14H20Cl2N2. The maximum atomic E-state index is 5.89. The molecule has 1 saturated carbocycles. The maximum Gasteiger partial charge on any atom is 0.128 e. The molecule has 0 amide bonds. The van der Waals surface area contributed by atoms with E-state index in [1.54, 1.807) is 0 Å². The van der Waals surface area contributed by atoms with Gasteiger partial charge in [0.05, 0.1) is 0 Å². The highest BCUT2D eigenvalue weighted by molar-refractivity contribution is 6.30. The van der Waals surface area contributed by atoms with Gasteiger partial charge in [0.25, 0.3) is 0 Å². The van der Waals surface area contributed by atoms with Crippen LogP contribution in [0.1, 0.15) is 37.7 Å². The van der Waals surface area contributed by atoms with Gasteiger partial charge in [0.15, 0.2) is 0 Å². The maximum absolute atomic E-state index is 5.89. The van der Waals surface area contributed by atoms with Crippen LogP contribution in [0.15, 0.2) is 29.3 Å². The van der Waals surface area contributed by atoms with E-state index in [0.29, 0.717) is 6.04 Å². The highest BCUT2D eigenvalue weighted by atomic mass is 35.5. The van der Waals surface area contributed by atoms with E-state index in [1.807, 2.05) is 31.3 Å². The first-order valence-corrected chi connectivity index (χ1v) is 6.66. The van der Waals surface area contributed by atoms with Crippen molar-refractivity contribution in [3.05, 3.63) is 34.9 Å². The number of nitrogens with zero attached hydrogens (tertiary/aromatic N) is 1. The van der Waals surface area contributed by atoms with Crippen molar-refractivity contribution in [3.8, 4) is 0 Å². The minimum Gasteiger partial charge on any atom is -0.367 e. The lowest BCUT2D eigenvalue weighted by atomic mass is 9.95. The van der Waals surface area contributed by atoms with Crippen LogP contribution in [-0.2, 0) is 0 Å². The van der Waals surface area contributed by atoms with Crippen LogP contribution >= 0.6 is 24.0 Å². The summed E-state index contributed by atoms with van der Waals surface area (Å²) >= 11 is 5.89. The topological polar surface area (TPSA) is 24.4 Å². The molecule has 0 bridgehead atoms. The Morgan fingerprint density at radius 3 is 2.33 bits per heavy atom. The predicted octanol–water partition coefficient (Wildman–Crippen LogP) is 4.06. The van der Waals surface area contributed by atoms with Crippen LogP contribution in [0.2, 0.25) is 5.02 Å². The van der Waals surface area contributed by atoms with E-state index in [-0.39, 0.29) is 12.4 Å². The third-order valence-corrected chi connectivity index (χ3v) is 3.54. The van der Waals surface area contributed by atoms with Crippen molar-refractivity contribution in [2.24, 2.45) is 4.99 Å². The number of hydrogen-bond donors (Lipinski definition) is 1. The van der Waals surface area contributed by atoms with Crippen molar-refractivity contribution in [2.45, 2.75) is 38.1 Å². The second-order valence-corrected chi connectivity index (χ2v) is 4.99. The fraction of sp³-hybridized carbons (Fsp3) is 0.500. The number of rotatable bonds is 2. The lowest BCUT2D eigenvalue weighted by Gasteiger charge is -2.24. The van der Waals surface area contributed by atoms with E-state index in [1.165, 1.54) is 32.1 Å². The van der Waals surface area contributed by atoms with Gasteiger partial charge >= 0.3 is 0 Å². The molecule has 100 valence electrons. The van der Waals surface area contributed by atoms with Gasteiger partial charge in [-0.05, 0) is 37.1 Å². The zero-order chi connectivity index (χ0) is 12.1. The summed E-state index contributed by atoms with van der Waals surface area (Å²) in [7, 11) is 1.83. The van der Waals surface area contributed by atoms with E-state index >= 15 is 0 Å². The molecule has 0 aliphatic heterocycles. The molecule has 0 saturated heterocycles. The molecule has 2 nitrogen and oxygen atoms in total. The van der Waals surface area contributed by atoms with Crippen molar-refractivity contribution in [1.29, 1.82) is 0 Å². The van der Waals surface area contributed by atoms with Crippen molar-refractivity contribution in [1.82, 2.24) is 5.32 Å². The molecule has 0 atom stereocenters. The fourth-order valence-electron chi connectivity index (χ4n) is 2.33. The largest absolute Gasteiger partial charge is 0.367 e. The third kappa shape index (κ3) is 4.18. The molecule has 0 radical (unpaired) electrons. The molecular weight excluding hydrogens is 267 g/mol. The van der Waals surface area contributed by atoms with Gasteiger partial charge in [-0.1, -0.05) is 30.9 Å². The Morgan fingerprint density at radius 1 is 1.17 bits per heavy atom. The summed E-state index contributed by atoms with van der Waals surface area (Å²) < 4.78 is 0. The minimum absolute atomic E-state index is 0. The van der Waals surface area contributed by atoms with Crippen LogP contribution in [-0.4, -0.2) is 18.9 Å². The minimum atomic E-state index is 0. The molecule has 0 heterocycles. The molecule has 18 heavy (non-hydrogen) atoms. The average molecular weight is 287 g/mol. The van der Waals surface area contributed by atoms with Gasteiger partial charge in [-0.2, -0.15) is 0 Å². The van der Waals surface area contributed by atoms with Crippen molar-refractivity contribution in [2.75, 3.05) is 7.05 Å². The van der Waals surface area contributed by atoms with Crippen molar-refractivity contribution < 1.29 is 0 Å². The number of nitrogens with one attached hydrogen (secondary N) is 1. The van der Waals surface area contributed by atoms with E-state index in [2.05, 4.69) is 10.3 Å². The summed E-state index contributed by atoms with van der Waals surface area (Å²) in [6.07, 6.45) is 6.54. The summed E-state index contributed by atoms with van der Waals surface area (Å²) in [4.78, 5) is 4.34. The molecule has 0 unspecified atom stereocenters. The van der Waals surface area contributed by atoms with Gasteiger partial charge in [0.2, 0.25) is 0 Å². The molecule has 2 rings (SSSR count). The van der Waals surface area contributed by atoms with Crippen LogP contribution in [0.3, 0.4) is 0 Å². The molecule has 1 aliphatic carbocycles. The second kappa shape index (κ2) is 7.65. The van der Waals surface area contributed by atoms with Gasteiger partial charge < -0.3 is 5.32 Å². The lowest BCUT2D eigenvalue weighted by Crippen LogP contribution is -2.36. The Kier molecular flexibility index (Phi) is 6.51. The summed E-state index contributed by atoms with van der Waals surface area (Å²) in [5.74, 6) is 0.980. The number of amidine groups is 1. The quantitative estimate of drug-likeness (QED) is 0.643. The summed E-state index contributed by atoms with van der Waals surface area (Å²) in [6.45, 7) is 0. The van der Waals surface area contributed by atoms with Gasteiger partial charge in [-0.3, -0.25) is 4.99 Å². The molecule has 1 fully saturated rings. The smallest absolute Gasteiger partial charge is 0.128 e. The first-order chi connectivity index (χ1) is 8.29. The zero-order valence-corrected chi connectivity index (χ0v) is 12.2. The Labute approximate surface area is 120 Å². The number of halogens is 2. The summed E-state index contributed by atoms with van der Waals surface area (Å²) in [6, 6.07) is 8.43. The van der Waals surface area contributed by atoms with Crippen LogP contribution < -0.4 is 5.32 Å². The Bertz CT molecular complexity index is 381. The van der Waals surface area contributed by atoms with Crippen LogP contribution in [0.25, 0.3) is 0 Å². The number of aliphatic imine (C=N–C) groups is 1. The second-order valence-electron chi connectivity index (χ2n) is 4.56. The standard InChI is InChI=1S/C14H19ClN2.ClH/c1-16-14(11-7-9-12(15)10-8-11)17-13-5-3-2-4-6-13;/h7-10,13H,2-6H2,1H3,(H,16,17);1H. The predicted molar refractivity (Wildman–Crippen MR) is 81.2 cm³/mol. The molecule has 1 N–H and O–H groups in total. The van der Waals surface area contributed by atoms with E-state index < -0.39 is 0 Å². The SMILES string of the molecule is CN=C(NC1CCCCC1)c1ccc(Cl)cc1.Cl. The van der Waals surface area contributed by atoms with Gasteiger partial charge in [-0.15, -0.1) is 12.4 Å². The lowest BCUT2D eigenvalue weighted by molar-refractivity contribution is 0.413. The first-order valence-electron chi connectivity index (χ1n) is 6.29. The highest BCUT2D eigenvalue weighted by Gasteiger charge is 2.15. The van der Waals surface area contributed by atoms with E-state index in [4.69, 9.17) is 11.6 Å². The summed E-state index contributed by atoms with van der Waals surface area (Å²) in [5.41, 5.74) is 1.11. The third-order valence-electron chi connectivity index (χ3n) is 3.29. The van der Waals surface area contributed by atoms with E-state index in [9.17, 15) is 0 Å². The molecule has 1 aromatic rings. The van der Waals surface area contributed by atoms with Gasteiger partial charge in [0.1, 0.15) is 5.84 Å². The normalized spacial score (nSPS) is 17.1. The summed E-state index contributed by atoms with van der Waals surface area (Å²) in [5, 5.41) is 4.31. The molecule has 1 aromatic carbocycles. The highest BCUT2D eigenvalue weighted by Crippen LogP contribution is 2.18. The first kappa shape index (κ1) is 15.3. The molecule has 4 heteroatoms. The fourth-order valence-corrected chi connectivity index (χ4v) is 2.45. The van der Waals surface area contributed by atoms with Gasteiger partial charge in [-0.25, -0.2) is 0 Å². The van der Waals surface area contributed by atoms with E-state index in [0.717, 1.165) is 16.4 Å². The zero-order valence-electron chi connectivity index (χ0n) is 10.7. The number of hydrogen-bond acceptors (Lipinski definition) is 1. The Balaban J connectivity index is 0.00000162. The molecule has 0 spiro atoms. The molecule has 0 aromatic heterocycles. The monoisotopic (exact) mass is 286 g/mol. The van der Waals surface area contributed by atoms with Crippen LogP contribution in [0, 0.1) is 0 Å². The van der Waals surface area contributed by atoms with Crippen LogP contribution in [0.4, 0.5) is 0 Å². The Hall–Kier alpha value is -0.730. The van der Waals surface area contributed by atoms with Crippen molar-refractivity contribution in [3.63, 3.8) is 0 Å². The molecule has 1 aliphatic rings.